The largest absolute Gasteiger partial charge is 0.480 e. The average molecular weight is 430 g/mol. The van der Waals surface area contributed by atoms with Gasteiger partial charge in [0.05, 0.1) is 0 Å². The molecule has 0 aliphatic rings. The highest BCUT2D eigenvalue weighted by molar-refractivity contribution is 9.10. The van der Waals surface area contributed by atoms with E-state index in [1.54, 1.807) is 44.2 Å². The van der Waals surface area contributed by atoms with Crippen LogP contribution >= 0.6 is 15.9 Å². The molecule has 0 amide bonds. The van der Waals surface area contributed by atoms with E-state index < -0.39 is 18.0 Å². The number of carboxylic acid groups (broad SMARTS) is 1. The standard InChI is InChI=1S/C21H20BrNO4/c1-14(2)20(21(25)26)23-13-16-6-9-18(10-7-16)27-19(24)11-8-15-4-3-5-17(22)12-15/h3-14,20H,1-2H3,(H,25,26)/b11-8+,23-13?. The number of rotatable bonds is 7. The number of benzene rings is 2. The number of aliphatic carboxylic acids is 1. The zero-order valence-electron chi connectivity index (χ0n) is 15.0. The molecule has 0 aromatic heterocycles. The normalized spacial score (nSPS) is 12.6. The molecule has 0 saturated heterocycles. The van der Waals surface area contributed by atoms with E-state index in [1.807, 2.05) is 24.3 Å². The molecule has 1 atom stereocenters. The van der Waals surface area contributed by atoms with Crippen molar-refractivity contribution in [2.75, 3.05) is 0 Å². The van der Waals surface area contributed by atoms with E-state index >= 15 is 0 Å². The number of ether oxygens (including phenoxy) is 1. The Morgan fingerprint density at radius 2 is 1.81 bits per heavy atom. The van der Waals surface area contributed by atoms with Crippen LogP contribution in [0.5, 0.6) is 5.75 Å². The summed E-state index contributed by atoms with van der Waals surface area (Å²) in [6.07, 6.45) is 4.54. The molecule has 140 valence electrons. The minimum absolute atomic E-state index is 0.101. The van der Waals surface area contributed by atoms with Gasteiger partial charge in [-0.25, -0.2) is 9.59 Å². The first-order valence-corrected chi connectivity index (χ1v) is 9.16. The number of esters is 1. The summed E-state index contributed by atoms with van der Waals surface area (Å²) in [5, 5.41) is 9.13. The molecule has 0 saturated carbocycles. The van der Waals surface area contributed by atoms with Gasteiger partial charge in [0.2, 0.25) is 0 Å². The van der Waals surface area contributed by atoms with Gasteiger partial charge in [-0.2, -0.15) is 0 Å². The maximum atomic E-state index is 11.9. The molecule has 2 aromatic rings. The number of carboxylic acids is 1. The Balaban J connectivity index is 1.96. The first-order chi connectivity index (χ1) is 12.8. The van der Waals surface area contributed by atoms with Gasteiger partial charge in [0.25, 0.3) is 0 Å². The van der Waals surface area contributed by atoms with Crippen LogP contribution in [0, 0.1) is 5.92 Å². The predicted octanol–water partition coefficient (Wildman–Crippen LogP) is 4.60. The number of hydrogen-bond acceptors (Lipinski definition) is 4. The van der Waals surface area contributed by atoms with Crippen molar-refractivity contribution in [2.24, 2.45) is 10.9 Å². The van der Waals surface area contributed by atoms with Crippen LogP contribution in [0.15, 0.2) is 64.1 Å². The van der Waals surface area contributed by atoms with Gasteiger partial charge in [-0.3, -0.25) is 4.99 Å². The molecule has 0 aliphatic heterocycles. The Hall–Kier alpha value is -2.73. The Morgan fingerprint density at radius 1 is 1.11 bits per heavy atom. The molecule has 0 radical (unpaired) electrons. The lowest BCUT2D eigenvalue weighted by molar-refractivity contribution is -0.139. The van der Waals surface area contributed by atoms with Gasteiger partial charge in [-0.15, -0.1) is 0 Å². The van der Waals surface area contributed by atoms with Gasteiger partial charge in [0.15, 0.2) is 0 Å². The van der Waals surface area contributed by atoms with Crippen molar-refractivity contribution in [1.29, 1.82) is 0 Å². The minimum Gasteiger partial charge on any atom is -0.480 e. The van der Waals surface area contributed by atoms with Crippen molar-refractivity contribution in [1.82, 2.24) is 0 Å². The van der Waals surface area contributed by atoms with Gasteiger partial charge in [-0.1, -0.05) is 41.9 Å². The second-order valence-corrected chi connectivity index (χ2v) is 7.10. The van der Waals surface area contributed by atoms with Crippen molar-refractivity contribution in [3.05, 3.63) is 70.2 Å². The van der Waals surface area contributed by atoms with E-state index in [0.717, 1.165) is 15.6 Å². The van der Waals surface area contributed by atoms with Crippen LogP contribution in [0.4, 0.5) is 0 Å². The Bertz CT molecular complexity index is 857. The molecule has 0 bridgehead atoms. The summed E-state index contributed by atoms with van der Waals surface area (Å²) in [5.41, 5.74) is 1.61. The third-order valence-electron chi connectivity index (χ3n) is 3.63. The van der Waals surface area contributed by atoms with Crippen LogP contribution in [0.1, 0.15) is 25.0 Å². The van der Waals surface area contributed by atoms with Crippen LogP contribution in [-0.4, -0.2) is 29.3 Å². The van der Waals surface area contributed by atoms with Crippen LogP contribution in [-0.2, 0) is 9.59 Å². The molecule has 0 aliphatic carbocycles. The molecule has 0 heterocycles. The molecule has 6 heteroatoms. The van der Waals surface area contributed by atoms with Gasteiger partial charge >= 0.3 is 11.9 Å². The lowest BCUT2D eigenvalue weighted by atomic mass is 10.1. The number of carbonyl (C=O) groups is 2. The van der Waals surface area contributed by atoms with Crippen molar-refractivity contribution in [3.8, 4) is 5.75 Å². The van der Waals surface area contributed by atoms with Crippen molar-refractivity contribution >= 4 is 40.2 Å². The summed E-state index contributed by atoms with van der Waals surface area (Å²) in [4.78, 5) is 27.2. The average Bonchev–Trinajstić information content (AvgIpc) is 2.61. The smallest absolute Gasteiger partial charge is 0.336 e. The van der Waals surface area contributed by atoms with Gasteiger partial charge in [0, 0.05) is 16.8 Å². The van der Waals surface area contributed by atoms with Crippen molar-refractivity contribution in [3.63, 3.8) is 0 Å². The van der Waals surface area contributed by atoms with E-state index in [9.17, 15) is 9.59 Å². The minimum atomic E-state index is -0.955. The van der Waals surface area contributed by atoms with Gasteiger partial charge in [-0.05, 0) is 59.5 Å². The molecule has 0 fully saturated rings. The summed E-state index contributed by atoms with van der Waals surface area (Å²) in [7, 11) is 0. The highest BCUT2D eigenvalue weighted by atomic mass is 79.9. The van der Waals surface area contributed by atoms with Crippen molar-refractivity contribution in [2.45, 2.75) is 19.9 Å². The monoisotopic (exact) mass is 429 g/mol. The molecule has 5 nitrogen and oxygen atoms in total. The van der Waals surface area contributed by atoms with Crippen LogP contribution in [0.25, 0.3) is 6.08 Å². The third-order valence-corrected chi connectivity index (χ3v) is 4.12. The van der Waals surface area contributed by atoms with Crippen molar-refractivity contribution < 1.29 is 19.4 Å². The molecule has 2 aromatic carbocycles. The Morgan fingerprint density at radius 3 is 2.41 bits per heavy atom. The van der Waals surface area contributed by atoms with E-state index in [-0.39, 0.29) is 5.92 Å². The highest BCUT2D eigenvalue weighted by Crippen LogP contribution is 2.15. The summed E-state index contributed by atoms with van der Waals surface area (Å²) >= 11 is 3.37. The maximum absolute atomic E-state index is 11.9. The van der Waals surface area contributed by atoms with Crippen LogP contribution in [0.2, 0.25) is 0 Å². The highest BCUT2D eigenvalue weighted by Gasteiger charge is 2.19. The van der Waals surface area contributed by atoms with Gasteiger partial charge < -0.3 is 9.84 Å². The van der Waals surface area contributed by atoms with Gasteiger partial charge in [0.1, 0.15) is 11.8 Å². The lowest BCUT2D eigenvalue weighted by Gasteiger charge is -2.10. The first kappa shape index (κ1) is 20.6. The zero-order valence-corrected chi connectivity index (χ0v) is 16.6. The number of carbonyl (C=O) groups excluding carboxylic acids is 1. The molecule has 1 unspecified atom stereocenters. The molecular weight excluding hydrogens is 410 g/mol. The number of aliphatic imine (C=N–C) groups is 1. The topological polar surface area (TPSA) is 76.0 Å². The summed E-state index contributed by atoms with van der Waals surface area (Å²) in [6.45, 7) is 3.61. The molecule has 1 N–H and O–H groups in total. The Kier molecular flexibility index (Phi) is 7.49. The SMILES string of the molecule is CC(C)C(N=Cc1ccc(OC(=O)/C=C/c2cccc(Br)c2)cc1)C(=O)O. The second-order valence-electron chi connectivity index (χ2n) is 6.18. The van der Waals surface area contributed by atoms with E-state index in [4.69, 9.17) is 9.84 Å². The Labute approximate surface area is 166 Å². The fraction of sp³-hybridized carbons (Fsp3) is 0.190. The summed E-state index contributed by atoms with van der Waals surface area (Å²) in [6, 6.07) is 13.5. The predicted molar refractivity (Wildman–Crippen MR) is 109 cm³/mol. The van der Waals surface area contributed by atoms with E-state index in [2.05, 4.69) is 20.9 Å². The summed E-state index contributed by atoms with van der Waals surface area (Å²) < 4.78 is 6.18. The fourth-order valence-electron chi connectivity index (χ4n) is 2.23. The van der Waals surface area contributed by atoms with E-state index in [1.165, 1.54) is 12.3 Å². The fourth-order valence-corrected chi connectivity index (χ4v) is 2.65. The molecular formula is C21H20BrNO4. The number of nitrogens with zero attached hydrogens (tertiary/aromatic N) is 1. The molecule has 27 heavy (non-hydrogen) atoms. The maximum Gasteiger partial charge on any atom is 0.336 e. The number of hydrogen-bond donors (Lipinski definition) is 1. The molecule has 2 rings (SSSR count). The molecule has 0 spiro atoms. The zero-order chi connectivity index (χ0) is 19.8. The number of halogens is 1. The van der Waals surface area contributed by atoms with Crippen LogP contribution in [0.3, 0.4) is 0 Å². The second kappa shape index (κ2) is 9.83. The summed E-state index contributed by atoms with van der Waals surface area (Å²) in [5.74, 6) is -1.14. The van der Waals surface area contributed by atoms with E-state index in [0.29, 0.717) is 5.75 Å². The lowest BCUT2D eigenvalue weighted by Crippen LogP contribution is -2.24. The quantitative estimate of drug-likeness (QED) is 0.302. The van der Waals surface area contributed by atoms with Crippen LogP contribution < -0.4 is 4.74 Å². The third kappa shape index (κ3) is 6.83. The first-order valence-electron chi connectivity index (χ1n) is 8.36.